The fourth-order valence-electron chi connectivity index (χ4n) is 3.34. The molecule has 6 heteroatoms. The number of piperidine rings is 1. The van der Waals surface area contributed by atoms with Crippen molar-refractivity contribution in [1.29, 1.82) is 0 Å². The molecule has 3 heterocycles. The van der Waals surface area contributed by atoms with E-state index in [1.165, 1.54) is 5.56 Å². The standard InChI is InChI=1S/C19H27N5O/c1-14(2)19(25)24-10-6-17(7-11-24)21-12-16-13-23(3)22-18(16)15-4-8-20-9-5-15/h4-5,8-9,13-14,17,21H,6-7,10-12H2,1-3H3. The summed E-state index contributed by atoms with van der Waals surface area (Å²) in [5, 5.41) is 8.24. The molecule has 2 aromatic rings. The normalized spacial score (nSPS) is 15.8. The Balaban J connectivity index is 1.58. The number of nitrogens with one attached hydrogen (secondary N) is 1. The van der Waals surface area contributed by atoms with Gasteiger partial charge in [-0.3, -0.25) is 14.5 Å². The summed E-state index contributed by atoms with van der Waals surface area (Å²) in [5.41, 5.74) is 3.28. The lowest BCUT2D eigenvalue weighted by Crippen LogP contribution is -2.45. The van der Waals surface area contributed by atoms with E-state index < -0.39 is 0 Å². The monoisotopic (exact) mass is 341 g/mol. The van der Waals surface area contributed by atoms with Crippen LogP contribution in [0.15, 0.2) is 30.7 Å². The summed E-state index contributed by atoms with van der Waals surface area (Å²) in [5.74, 6) is 0.355. The Morgan fingerprint density at radius 3 is 2.60 bits per heavy atom. The Morgan fingerprint density at radius 2 is 1.96 bits per heavy atom. The molecule has 1 N–H and O–H groups in total. The van der Waals surface area contributed by atoms with Crippen LogP contribution in [0.4, 0.5) is 0 Å². The predicted octanol–water partition coefficient (Wildman–Crippen LogP) is 2.22. The minimum atomic E-state index is 0.0859. The van der Waals surface area contributed by atoms with E-state index in [4.69, 9.17) is 0 Å². The van der Waals surface area contributed by atoms with Gasteiger partial charge in [0.25, 0.3) is 0 Å². The van der Waals surface area contributed by atoms with Crippen LogP contribution in [-0.4, -0.2) is 44.7 Å². The third-order valence-electron chi connectivity index (χ3n) is 4.74. The molecule has 1 saturated heterocycles. The lowest BCUT2D eigenvalue weighted by molar-refractivity contribution is -0.135. The number of hydrogen-bond donors (Lipinski definition) is 1. The summed E-state index contributed by atoms with van der Waals surface area (Å²) < 4.78 is 1.86. The van der Waals surface area contributed by atoms with E-state index in [0.29, 0.717) is 6.04 Å². The Hall–Kier alpha value is -2.21. The first-order chi connectivity index (χ1) is 12.0. The maximum Gasteiger partial charge on any atom is 0.225 e. The fourth-order valence-corrected chi connectivity index (χ4v) is 3.34. The SMILES string of the molecule is CC(C)C(=O)N1CCC(NCc2cn(C)nc2-c2ccncc2)CC1. The highest BCUT2D eigenvalue weighted by atomic mass is 16.2. The lowest BCUT2D eigenvalue weighted by atomic mass is 10.0. The molecular weight excluding hydrogens is 314 g/mol. The number of pyridine rings is 1. The van der Waals surface area contributed by atoms with Gasteiger partial charge in [0.15, 0.2) is 0 Å². The smallest absolute Gasteiger partial charge is 0.225 e. The molecule has 0 bridgehead atoms. The van der Waals surface area contributed by atoms with Gasteiger partial charge in [-0.05, 0) is 25.0 Å². The first-order valence-electron chi connectivity index (χ1n) is 8.99. The first kappa shape index (κ1) is 17.6. The summed E-state index contributed by atoms with van der Waals surface area (Å²) in [6.45, 7) is 6.41. The van der Waals surface area contributed by atoms with Gasteiger partial charge in [0.05, 0.1) is 5.69 Å². The Labute approximate surface area is 149 Å². The number of rotatable bonds is 5. The minimum absolute atomic E-state index is 0.0859. The second kappa shape index (κ2) is 7.78. The van der Waals surface area contributed by atoms with Crippen LogP contribution in [0.2, 0.25) is 0 Å². The molecule has 0 aliphatic carbocycles. The molecule has 6 nitrogen and oxygen atoms in total. The number of nitrogens with zero attached hydrogens (tertiary/aromatic N) is 4. The van der Waals surface area contributed by atoms with Crippen molar-refractivity contribution in [3.63, 3.8) is 0 Å². The van der Waals surface area contributed by atoms with Crippen LogP contribution in [0.25, 0.3) is 11.3 Å². The summed E-state index contributed by atoms with van der Waals surface area (Å²) >= 11 is 0. The molecule has 2 aromatic heterocycles. The van der Waals surface area contributed by atoms with Crippen LogP contribution in [0.3, 0.4) is 0 Å². The van der Waals surface area contributed by atoms with E-state index in [1.807, 2.05) is 42.6 Å². The van der Waals surface area contributed by atoms with Crippen molar-refractivity contribution in [2.75, 3.05) is 13.1 Å². The number of carbonyl (C=O) groups excluding carboxylic acids is 1. The van der Waals surface area contributed by atoms with Gasteiger partial charge in [-0.1, -0.05) is 13.8 Å². The molecule has 0 saturated carbocycles. The van der Waals surface area contributed by atoms with Crippen molar-refractivity contribution in [2.45, 2.75) is 39.3 Å². The van der Waals surface area contributed by atoms with Crippen molar-refractivity contribution in [2.24, 2.45) is 13.0 Å². The molecule has 1 fully saturated rings. The Morgan fingerprint density at radius 1 is 1.28 bits per heavy atom. The average molecular weight is 341 g/mol. The summed E-state index contributed by atoms with van der Waals surface area (Å²) in [6.07, 6.45) is 7.66. The van der Waals surface area contributed by atoms with Crippen LogP contribution in [0, 0.1) is 5.92 Å². The zero-order valence-electron chi connectivity index (χ0n) is 15.3. The van der Waals surface area contributed by atoms with Crippen LogP contribution in [0.1, 0.15) is 32.3 Å². The lowest BCUT2D eigenvalue weighted by Gasteiger charge is -2.33. The van der Waals surface area contributed by atoms with Crippen molar-refractivity contribution in [3.05, 3.63) is 36.3 Å². The number of aromatic nitrogens is 3. The quantitative estimate of drug-likeness (QED) is 0.906. The minimum Gasteiger partial charge on any atom is -0.342 e. The molecular formula is C19H27N5O. The second-order valence-electron chi connectivity index (χ2n) is 7.05. The maximum absolute atomic E-state index is 12.1. The van der Waals surface area contributed by atoms with Crippen LogP contribution < -0.4 is 5.32 Å². The zero-order chi connectivity index (χ0) is 17.8. The molecule has 0 atom stereocenters. The van der Waals surface area contributed by atoms with E-state index >= 15 is 0 Å². The van der Waals surface area contributed by atoms with Crippen molar-refractivity contribution < 1.29 is 4.79 Å². The molecule has 3 rings (SSSR count). The van der Waals surface area contributed by atoms with E-state index in [2.05, 4.69) is 21.6 Å². The molecule has 0 aromatic carbocycles. The van der Waals surface area contributed by atoms with Crippen molar-refractivity contribution in [1.82, 2.24) is 25.0 Å². The number of aryl methyl sites for hydroxylation is 1. The van der Waals surface area contributed by atoms with Gasteiger partial charge >= 0.3 is 0 Å². The highest BCUT2D eigenvalue weighted by molar-refractivity contribution is 5.78. The molecule has 1 amide bonds. The maximum atomic E-state index is 12.1. The topological polar surface area (TPSA) is 63.1 Å². The highest BCUT2D eigenvalue weighted by Crippen LogP contribution is 2.21. The summed E-state index contributed by atoms with van der Waals surface area (Å²) in [7, 11) is 1.95. The average Bonchev–Trinajstić information content (AvgIpc) is 3.01. The number of amides is 1. The number of carbonyl (C=O) groups is 1. The molecule has 0 radical (unpaired) electrons. The molecule has 1 aliphatic heterocycles. The second-order valence-corrected chi connectivity index (χ2v) is 7.05. The largest absolute Gasteiger partial charge is 0.342 e. The predicted molar refractivity (Wildman–Crippen MR) is 97.7 cm³/mol. The molecule has 0 spiro atoms. The van der Waals surface area contributed by atoms with Crippen LogP contribution in [0.5, 0.6) is 0 Å². The fraction of sp³-hybridized carbons (Fsp3) is 0.526. The molecule has 25 heavy (non-hydrogen) atoms. The van der Waals surface area contributed by atoms with Crippen molar-refractivity contribution in [3.8, 4) is 11.3 Å². The van der Waals surface area contributed by atoms with E-state index in [0.717, 1.165) is 43.7 Å². The van der Waals surface area contributed by atoms with Gasteiger partial charge in [0.2, 0.25) is 5.91 Å². The Kier molecular flexibility index (Phi) is 5.48. The highest BCUT2D eigenvalue weighted by Gasteiger charge is 2.24. The van der Waals surface area contributed by atoms with Crippen molar-refractivity contribution >= 4 is 5.91 Å². The van der Waals surface area contributed by atoms with Gasteiger partial charge in [-0.15, -0.1) is 0 Å². The molecule has 1 aliphatic rings. The van der Waals surface area contributed by atoms with Gasteiger partial charge in [0.1, 0.15) is 0 Å². The van der Waals surface area contributed by atoms with Gasteiger partial charge in [-0.2, -0.15) is 5.10 Å². The van der Waals surface area contributed by atoms with Gasteiger partial charge in [0, 0.05) is 68.4 Å². The van der Waals surface area contributed by atoms with Gasteiger partial charge in [-0.25, -0.2) is 0 Å². The van der Waals surface area contributed by atoms with Crippen LogP contribution in [-0.2, 0) is 18.4 Å². The third kappa shape index (κ3) is 4.25. The molecule has 0 unspecified atom stereocenters. The number of hydrogen-bond acceptors (Lipinski definition) is 4. The van der Waals surface area contributed by atoms with E-state index in [9.17, 15) is 4.79 Å². The first-order valence-corrected chi connectivity index (χ1v) is 8.99. The zero-order valence-corrected chi connectivity index (χ0v) is 15.3. The Bertz CT molecular complexity index is 702. The molecule has 134 valence electrons. The van der Waals surface area contributed by atoms with E-state index in [-0.39, 0.29) is 11.8 Å². The summed E-state index contributed by atoms with van der Waals surface area (Å²) in [6, 6.07) is 4.42. The van der Waals surface area contributed by atoms with Crippen LogP contribution >= 0.6 is 0 Å². The number of likely N-dealkylation sites (tertiary alicyclic amines) is 1. The van der Waals surface area contributed by atoms with E-state index in [1.54, 1.807) is 12.4 Å². The summed E-state index contributed by atoms with van der Waals surface area (Å²) in [4.78, 5) is 18.2. The van der Waals surface area contributed by atoms with Gasteiger partial charge < -0.3 is 10.2 Å². The third-order valence-corrected chi connectivity index (χ3v) is 4.74.